The Labute approximate surface area is 128 Å². The molecule has 2 aromatic rings. The van der Waals surface area contributed by atoms with Gasteiger partial charge in [0.15, 0.2) is 0 Å². The van der Waals surface area contributed by atoms with E-state index in [1.54, 1.807) is 24.0 Å². The van der Waals surface area contributed by atoms with Crippen LogP contribution in [0.3, 0.4) is 0 Å². The summed E-state index contributed by atoms with van der Waals surface area (Å²) in [6.07, 6.45) is 1.74. The minimum absolute atomic E-state index is 0.431. The van der Waals surface area contributed by atoms with Gasteiger partial charge in [0.2, 0.25) is 0 Å². The molecule has 0 fully saturated rings. The van der Waals surface area contributed by atoms with Crippen molar-refractivity contribution in [3.8, 4) is 0 Å². The first kappa shape index (κ1) is 14.7. The van der Waals surface area contributed by atoms with E-state index in [1.165, 1.54) is 10.5 Å². The highest BCUT2D eigenvalue weighted by atomic mass is 35.5. The molecular weight excluding hydrogens is 297 g/mol. The fourth-order valence-corrected chi connectivity index (χ4v) is 3.04. The Morgan fingerprint density at radius 2 is 1.84 bits per heavy atom. The number of hydrogen-bond donors (Lipinski definition) is 0. The van der Waals surface area contributed by atoms with Gasteiger partial charge in [-0.05, 0) is 35.2 Å². The van der Waals surface area contributed by atoms with Gasteiger partial charge in [-0.1, -0.05) is 49.2 Å². The topological polar surface area (TPSA) is 12.9 Å². The zero-order valence-electron chi connectivity index (χ0n) is 10.9. The maximum absolute atomic E-state index is 6.12. The van der Waals surface area contributed by atoms with E-state index in [-0.39, 0.29) is 0 Å². The van der Waals surface area contributed by atoms with Crippen LogP contribution in [0, 0.1) is 0 Å². The van der Waals surface area contributed by atoms with Crippen molar-refractivity contribution < 1.29 is 0 Å². The normalized spacial score (nSPS) is 11.0. The van der Waals surface area contributed by atoms with Gasteiger partial charge in [0.25, 0.3) is 0 Å². The van der Waals surface area contributed by atoms with Gasteiger partial charge in [-0.3, -0.25) is 0 Å². The Morgan fingerprint density at radius 1 is 1.16 bits per heavy atom. The van der Waals surface area contributed by atoms with Gasteiger partial charge in [0.1, 0.15) is 5.15 Å². The first-order valence-electron chi connectivity index (χ1n) is 6.09. The maximum Gasteiger partial charge on any atom is 0.130 e. The second-order valence-electron chi connectivity index (χ2n) is 4.61. The van der Waals surface area contributed by atoms with Crippen LogP contribution in [0.5, 0.6) is 0 Å². The molecule has 19 heavy (non-hydrogen) atoms. The van der Waals surface area contributed by atoms with Crippen LogP contribution in [-0.2, 0) is 5.75 Å². The molecule has 0 radical (unpaired) electrons. The highest BCUT2D eigenvalue weighted by Crippen LogP contribution is 2.28. The van der Waals surface area contributed by atoms with Crippen molar-refractivity contribution in [1.29, 1.82) is 0 Å². The molecule has 0 spiro atoms. The third kappa shape index (κ3) is 4.13. The predicted molar refractivity (Wildman–Crippen MR) is 84.3 cm³/mol. The van der Waals surface area contributed by atoms with E-state index in [0.717, 1.165) is 11.3 Å². The van der Waals surface area contributed by atoms with Crippen molar-refractivity contribution in [2.24, 2.45) is 0 Å². The summed E-state index contributed by atoms with van der Waals surface area (Å²) in [5.74, 6) is 1.36. The van der Waals surface area contributed by atoms with Gasteiger partial charge in [-0.15, -0.1) is 11.8 Å². The number of pyridine rings is 1. The van der Waals surface area contributed by atoms with Gasteiger partial charge in [0.05, 0.1) is 0 Å². The van der Waals surface area contributed by atoms with Crippen LogP contribution in [0.2, 0.25) is 10.2 Å². The standard InChI is InChI=1S/C15H15Cl2NS/c1-10(2)11-3-5-13(6-4-11)19-9-12-8-18-15(17)7-14(12)16/h3-8,10H,9H2,1-2H3. The minimum atomic E-state index is 0.431. The van der Waals surface area contributed by atoms with E-state index in [0.29, 0.717) is 16.1 Å². The summed E-state index contributed by atoms with van der Waals surface area (Å²) in [4.78, 5) is 5.29. The third-order valence-corrected chi connectivity index (χ3v) is 4.46. The average Bonchev–Trinajstić information content (AvgIpc) is 2.38. The first-order valence-corrected chi connectivity index (χ1v) is 7.83. The molecule has 4 heteroatoms. The lowest BCUT2D eigenvalue weighted by atomic mass is 10.0. The lowest BCUT2D eigenvalue weighted by molar-refractivity contribution is 0.865. The highest BCUT2D eigenvalue weighted by Gasteiger charge is 2.04. The number of thioether (sulfide) groups is 1. The Morgan fingerprint density at radius 3 is 2.42 bits per heavy atom. The minimum Gasteiger partial charge on any atom is -0.244 e. The number of halogens is 2. The van der Waals surface area contributed by atoms with Crippen molar-refractivity contribution in [2.45, 2.75) is 30.4 Å². The summed E-state index contributed by atoms with van der Waals surface area (Å²) in [5.41, 5.74) is 2.36. The average molecular weight is 312 g/mol. The molecule has 0 N–H and O–H groups in total. The zero-order chi connectivity index (χ0) is 13.8. The molecule has 1 aromatic heterocycles. The zero-order valence-corrected chi connectivity index (χ0v) is 13.2. The molecular formula is C15H15Cl2NS. The SMILES string of the molecule is CC(C)c1ccc(SCc2cnc(Cl)cc2Cl)cc1. The molecule has 2 rings (SSSR count). The molecule has 0 atom stereocenters. The van der Waals surface area contributed by atoms with Gasteiger partial charge < -0.3 is 0 Å². The Balaban J connectivity index is 2.02. The summed E-state index contributed by atoms with van der Waals surface area (Å²) in [6, 6.07) is 10.3. The van der Waals surface area contributed by atoms with Crippen LogP contribution < -0.4 is 0 Å². The lowest BCUT2D eigenvalue weighted by Crippen LogP contribution is -1.88. The molecule has 0 unspecified atom stereocenters. The molecule has 0 aliphatic heterocycles. The number of aromatic nitrogens is 1. The molecule has 0 amide bonds. The van der Waals surface area contributed by atoms with Crippen LogP contribution >= 0.6 is 35.0 Å². The molecule has 0 saturated heterocycles. The van der Waals surface area contributed by atoms with E-state index < -0.39 is 0 Å². The molecule has 1 nitrogen and oxygen atoms in total. The highest BCUT2D eigenvalue weighted by molar-refractivity contribution is 7.98. The van der Waals surface area contributed by atoms with E-state index >= 15 is 0 Å². The van der Waals surface area contributed by atoms with Crippen LogP contribution in [0.15, 0.2) is 41.4 Å². The van der Waals surface area contributed by atoms with Gasteiger partial charge in [0, 0.05) is 21.9 Å². The van der Waals surface area contributed by atoms with Crippen molar-refractivity contribution in [3.05, 3.63) is 57.8 Å². The van der Waals surface area contributed by atoms with Crippen LogP contribution in [-0.4, -0.2) is 4.98 Å². The van der Waals surface area contributed by atoms with Crippen molar-refractivity contribution in [2.75, 3.05) is 0 Å². The van der Waals surface area contributed by atoms with Crippen LogP contribution in [0.1, 0.15) is 30.9 Å². The summed E-state index contributed by atoms with van der Waals surface area (Å²) >= 11 is 13.6. The number of nitrogens with zero attached hydrogens (tertiary/aromatic N) is 1. The first-order chi connectivity index (χ1) is 9.06. The summed E-state index contributed by atoms with van der Waals surface area (Å²) in [7, 11) is 0. The van der Waals surface area contributed by atoms with E-state index in [4.69, 9.17) is 23.2 Å². The molecule has 100 valence electrons. The van der Waals surface area contributed by atoms with Crippen LogP contribution in [0.25, 0.3) is 0 Å². The van der Waals surface area contributed by atoms with Gasteiger partial charge >= 0.3 is 0 Å². The smallest absolute Gasteiger partial charge is 0.130 e. The van der Waals surface area contributed by atoms with Crippen LogP contribution in [0.4, 0.5) is 0 Å². The number of benzene rings is 1. The molecule has 1 heterocycles. The molecule has 0 aliphatic carbocycles. The Hall–Kier alpha value is -0.700. The van der Waals surface area contributed by atoms with Gasteiger partial charge in [-0.2, -0.15) is 0 Å². The largest absolute Gasteiger partial charge is 0.244 e. The second kappa shape index (κ2) is 6.65. The van der Waals surface area contributed by atoms with Crippen molar-refractivity contribution in [3.63, 3.8) is 0 Å². The Bertz CT molecular complexity index is 553. The molecule has 0 saturated carbocycles. The molecule has 0 bridgehead atoms. The number of rotatable bonds is 4. The maximum atomic E-state index is 6.12. The summed E-state index contributed by atoms with van der Waals surface area (Å²) in [6.45, 7) is 4.39. The molecule has 0 aliphatic rings. The van der Waals surface area contributed by atoms with Gasteiger partial charge in [-0.25, -0.2) is 4.98 Å². The second-order valence-corrected chi connectivity index (χ2v) is 6.45. The Kier molecular flexibility index (Phi) is 5.14. The fourth-order valence-electron chi connectivity index (χ4n) is 1.65. The quantitative estimate of drug-likeness (QED) is 0.522. The van der Waals surface area contributed by atoms with E-state index in [9.17, 15) is 0 Å². The molecule has 1 aromatic carbocycles. The summed E-state index contributed by atoms with van der Waals surface area (Å²) in [5, 5.41) is 1.10. The predicted octanol–water partition coefficient (Wildman–Crippen LogP) is 5.80. The third-order valence-electron chi connectivity index (χ3n) is 2.84. The fraction of sp³-hybridized carbons (Fsp3) is 0.267. The number of hydrogen-bond acceptors (Lipinski definition) is 2. The van der Waals surface area contributed by atoms with E-state index in [1.807, 2.05) is 0 Å². The van der Waals surface area contributed by atoms with Crippen molar-refractivity contribution >= 4 is 35.0 Å². The summed E-state index contributed by atoms with van der Waals surface area (Å²) < 4.78 is 0. The van der Waals surface area contributed by atoms with E-state index in [2.05, 4.69) is 43.1 Å². The monoisotopic (exact) mass is 311 g/mol. The lowest BCUT2D eigenvalue weighted by Gasteiger charge is -2.07. The van der Waals surface area contributed by atoms with Crippen molar-refractivity contribution in [1.82, 2.24) is 4.98 Å².